The number of Topliss-reactive ketones (excluding diaryl/α,β-unsaturated/α-hetero) is 1. The Balaban J connectivity index is 1.79. The Hall–Kier alpha value is -1.64. The molecule has 0 aromatic heterocycles. The van der Waals surface area contributed by atoms with E-state index in [1.54, 1.807) is 0 Å². The van der Waals surface area contributed by atoms with Gasteiger partial charge in [-0.3, -0.25) is 4.79 Å². The summed E-state index contributed by atoms with van der Waals surface area (Å²) in [6, 6.07) is 7.75. The van der Waals surface area contributed by atoms with Crippen molar-refractivity contribution < 1.29 is 14.3 Å². The fourth-order valence-corrected chi connectivity index (χ4v) is 2.81. The van der Waals surface area contributed by atoms with Crippen LogP contribution in [0.5, 0.6) is 0 Å². The van der Waals surface area contributed by atoms with Crippen molar-refractivity contribution in [2.45, 2.75) is 70.8 Å². The summed E-state index contributed by atoms with van der Waals surface area (Å²) in [4.78, 5) is 23.3. The van der Waals surface area contributed by atoms with Crippen molar-refractivity contribution in [3.8, 4) is 0 Å². The van der Waals surface area contributed by atoms with Gasteiger partial charge in [0.1, 0.15) is 11.9 Å². The molecule has 0 radical (unpaired) electrons. The van der Waals surface area contributed by atoms with E-state index in [0.29, 0.717) is 31.2 Å². The van der Waals surface area contributed by atoms with Gasteiger partial charge in [0.25, 0.3) is 0 Å². The van der Waals surface area contributed by atoms with Gasteiger partial charge in [0.05, 0.1) is 5.56 Å². The average molecular weight is 302 g/mol. The van der Waals surface area contributed by atoms with E-state index in [1.165, 1.54) is 31.2 Å². The van der Waals surface area contributed by atoms with Crippen LogP contribution in [0.3, 0.4) is 0 Å². The van der Waals surface area contributed by atoms with Crippen molar-refractivity contribution in [3.05, 3.63) is 35.4 Å². The molecule has 120 valence electrons. The Labute approximate surface area is 133 Å². The Bertz CT molecular complexity index is 480. The van der Waals surface area contributed by atoms with Crippen LogP contribution in [0.25, 0.3) is 0 Å². The average Bonchev–Trinajstić information content (AvgIpc) is 2.54. The number of benzene rings is 1. The molecule has 0 bridgehead atoms. The zero-order chi connectivity index (χ0) is 15.8. The van der Waals surface area contributed by atoms with Crippen LogP contribution in [-0.2, 0) is 16.0 Å². The van der Waals surface area contributed by atoms with Gasteiger partial charge in [-0.05, 0) is 43.4 Å². The van der Waals surface area contributed by atoms with Crippen molar-refractivity contribution in [2.24, 2.45) is 0 Å². The van der Waals surface area contributed by atoms with E-state index in [9.17, 15) is 9.59 Å². The molecule has 2 rings (SSSR count). The standard InChI is InChI=1S/C19H26O3/c1-2-3-4-5-6-15-7-9-16(10-8-15)19(21)22-18-13-11-17(20)12-14-18/h7-10,18H,2-6,11-14H2,1H3. The van der Waals surface area contributed by atoms with E-state index in [-0.39, 0.29) is 17.9 Å². The Morgan fingerprint density at radius 3 is 2.41 bits per heavy atom. The third-order valence-electron chi connectivity index (χ3n) is 4.27. The summed E-state index contributed by atoms with van der Waals surface area (Å²) in [6.07, 6.45) is 8.38. The van der Waals surface area contributed by atoms with Crippen molar-refractivity contribution in [3.63, 3.8) is 0 Å². The molecule has 0 saturated heterocycles. The van der Waals surface area contributed by atoms with Gasteiger partial charge in [-0.25, -0.2) is 4.79 Å². The maximum absolute atomic E-state index is 12.1. The van der Waals surface area contributed by atoms with Gasteiger partial charge < -0.3 is 4.74 Å². The lowest BCUT2D eigenvalue weighted by atomic mass is 9.96. The molecule has 0 amide bonds. The fourth-order valence-electron chi connectivity index (χ4n) is 2.81. The highest BCUT2D eigenvalue weighted by molar-refractivity contribution is 5.89. The predicted molar refractivity (Wildman–Crippen MR) is 87.0 cm³/mol. The highest BCUT2D eigenvalue weighted by atomic mass is 16.5. The van der Waals surface area contributed by atoms with Crippen LogP contribution < -0.4 is 0 Å². The SMILES string of the molecule is CCCCCCc1ccc(C(=O)OC2CCC(=O)CC2)cc1. The summed E-state index contributed by atoms with van der Waals surface area (Å²) in [5.74, 6) is 0.0107. The third-order valence-corrected chi connectivity index (χ3v) is 4.27. The summed E-state index contributed by atoms with van der Waals surface area (Å²) in [5, 5.41) is 0. The van der Waals surface area contributed by atoms with E-state index < -0.39 is 0 Å². The number of hydrogen-bond acceptors (Lipinski definition) is 3. The molecular formula is C19H26O3. The number of esters is 1. The number of carbonyl (C=O) groups excluding carboxylic acids is 2. The molecule has 0 heterocycles. The maximum atomic E-state index is 12.1. The summed E-state index contributed by atoms with van der Waals surface area (Å²) in [6.45, 7) is 2.21. The lowest BCUT2D eigenvalue weighted by Gasteiger charge is -2.21. The molecule has 3 heteroatoms. The molecule has 0 spiro atoms. The molecule has 3 nitrogen and oxygen atoms in total. The second-order valence-corrected chi connectivity index (χ2v) is 6.15. The van der Waals surface area contributed by atoms with E-state index in [1.807, 2.05) is 24.3 Å². The number of ether oxygens (including phenoxy) is 1. The second-order valence-electron chi connectivity index (χ2n) is 6.15. The first-order valence-corrected chi connectivity index (χ1v) is 8.50. The van der Waals surface area contributed by atoms with Crippen molar-refractivity contribution in [1.29, 1.82) is 0 Å². The van der Waals surface area contributed by atoms with E-state index in [4.69, 9.17) is 4.74 Å². The first kappa shape index (κ1) is 16.7. The Morgan fingerprint density at radius 2 is 1.77 bits per heavy atom. The third kappa shape index (κ3) is 5.28. The highest BCUT2D eigenvalue weighted by Crippen LogP contribution is 2.19. The van der Waals surface area contributed by atoms with Gasteiger partial charge in [-0.1, -0.05) is 38.3 Å². The molecule has 22 heavy (non-hydrogen) atoms. The number of carbonyl (C=O) groups is 2. The summed E-state index contributed by atoms with van der Waals surface area (Å²) >= 11 is 0. The molecule has 1 aromatic carbocycles. The van der Waals surface area contributed by atoms with E-state index in [2.05, 4.69) is 6.92 Å². The number of rotatable bonds is 7. The van der Waals surface area contributed by atoms with Crippen molar-refractivity contribution >= 4 is 11.8 Å². The monoisotopic (exact) mass is 302 g/mol. The van der Waals surface area contributed by atoms with E-state index >= 15 is 0 Å². The number of hydrogen-bond donors (Lipinski definition) is 0. The zero-order valence-corrected chi connectivity index (χ0v) is 13.5. The predicted octanol–water partition coefficient (Wildman–Crippen LogP) is 4.48. The van der Waals surface area contributed by atoms with Gasteiger partial charge in [0, 0.05) is 12.8 Å². The molecule has 0 aliphatic heterocycles. The van der Waals surface area contributed by atoms with Crippen LogP contribution in [0.15, 0.2) is 24.3 Å². The topological polar surface area (TPSA) is 43.4 Å². The van der Waals surface area contributed by atoms with Gasteiger partial charge in [0.15, 0.2) is 0 Å². The van der Waals surface area contributed by atoms with Crippen molar-refractivity contribution in [2.75, 3.05) is 0 Å². The normalized spacial score (nSPS) is 15.8. The van der Waals surface area contributed by atoms with Gasteiger partial charge in [-0.2, -0.15) is 0 Å². The Kier molecular flexibility index (Phi) is 6.63. The minimum Gasteiger partial charge on any atom is -0.459 e. The second kappa shape index (κ2) is 8.72. The molecule has 1 aromatic rings. The number of unbranched alkanes of at least 4 members (excludes halogenated alkanes) is 3. The smallest absolute Gasteiger partial charge is 0.338 e. The zero-order valence-electron chi connectivity index (χ0n) is 13.5. The van der Waals surface area contributed by atoms with Crippen LogP contribution in [0.1, 0.15) is 74.2 Å². The molecule has 0 unspecified atom stereocenters. The van der Waals surface area contributed by atoms with Gasteiger partial charge in [-0.15, -0.1) is 0 Å². The minimum absolute atomic E-state index is 0.0982. The molecule has 1 saturated carbocycles. The first-order valence-electron chi connectivity index (χ1n) is 8.50. The summed E-state index contributed by atoms with van der Waals surface area (Å²) < 4.78 is 5.49. The van der Waals surface area contributed by atoms with Crippen LogP contribution in [0.2, 0.25) is 0 Å². The number of ketones is 1. The number of aryl methyl sites for hydroxylation is 1. The summed E-state index contributed by atoms with van der Waals surface area (Å²) in [5.41, 5.74) is 1.88. The quantitative estimate of drug-likeness (QED) is 0.551. The molecular weight excluding hydrogens is 276 g/mol. The molecule has 0 N–H and O–H groups in total. The largest absolute Gasteiger partial charge is 0.459 e. The summed E-state index contributed by atoms with van der Waals surface area (Å²) in [7, 11) is 0. The van der Waals surface area contributed by atoms with Crippen LogP contribution >= 0.6 is 0 Å². The van der Waals surface area contributed by atoms with Gasteiger partial charge >= 0.3 is 5.97 Å². The molecule has 1 aliphatic carbocycles. The Morgan fingerprint density at radius 1 is 1.09 bits per heavy atom. The lowest BCUT2D eigenvalue weighted by molar-refractivity contribution is -0.122. The molecule has 0 atom stereocenters. The van der Waals surface area contributed by atoms with Crippen molar-refractivity contribution in [1.82, 2.24) is 0 Å². The highest BCUT2D eigenvalue weighted by Gasteiger charge is 2.22. The van der Waals surface area contributed by atoms with Crippen LogP contribution in [0.4, 0.5) is 0 Å². The van der Waals surface area contributed by atoms with Gasteiger partial charge in [0.2, 0.25) is 0 Å². The first-order chi connectivity index (χ1) is 10.7. The molecule has 1 fully saturated rings. The van der Waals surface area contributed by atoms with E-state index in [0.717, 1.165) is 6.42 Å². The minimum atomic E-state index is -0.267. The fraction of sp³-hybridized carbons (Fsp3) is 0.579. The maximum Gasteiger partial charge on any atom is 0.338 e. The lowest BCUT2D eigenvalue weighted by Crippen LogP contribution is -2.24. The van der Waals surface area contributed by atoms with Crippen LogP contribution in [-0.4, -0.2) is 17.9 Å². The van der Waals surface area contributed by atoms with Crippen LogP contribution in [0, 0.1) is 0 Å². The molecule has 1 aliphatic rings.